The van der Waals surface area contributed by atoms with Gasteiger partial charge in [-0.2, -0.15) is 0 Å². The Hall–Kier alpha value is -5.04. The van der Waals surface area contributed by atoms with Gasteiger partial charge in [-0.15, -0.1) is 0 Å². The van der Waals surface area contributed by atoms with Gasteiger partial charge in [0, 0.05) is 35.8 Å². The number of para-hydroxylation sites is 2. The van der Waals surface area contributed by atoms with Crippen molar-refractivity contribution in [2.24, 2.45) is 0 Å². The number of nitrogens with one attached hydrogen (secondary N) is 1. The second-order valence-electron chi connectivity index (χ2n) is 10.2. The number of aromatic amines is 1. The van der Waals surface area contributed by atoms with Crippen LogP contribution in [0.1, 0.15) is 29.2 Å². The monoisotopic (exact) mass is 525 g/mol. The van der Waals surface area contributed by atoms with Crippen molar-refractivity contribution in [3.8, 4) is 22.5 Å². The molecule has 2 aromatic heterocycles. The molecule has 1 saturated heterocycles. The Labute approximate surface area is 230 Å². The van der Waals surface area contributed by atoms with Crippen molar-refractivity contribution in [3.05, 3.63) is 119 Å². The molecule has 196 valence electrons. The number of hydrogen-bond acceptors (Lipinski definition) is 4. The fraction of sp³-hybridized carbons (Fsp3) is 0.152. The highest BCUT2D eigenvalue weighted by Crippen LogP contribution is 2.32. The Balaban J connectivity index is 1.18. The van der Waals surface area contributed by atoms with E-state index in [0.29, 0.717) is 24.2 Å². The first-order valence-electron chi connectivity index (χ1n) is 13.6. The molecule has 0 radical (unpaired) electrons. The molecular formula is C33H27N5O2. The summed E-state index contributed by atoms with van der Waals surface area (Å²) in [6.07, 6.45) is 1.44. The van der Waals surface area contributed by atoms with E-state index in [2.05, 4.69) is 4.98 Å². The summed E-state index contributed by atoms with van der Waals surface area (Å²) in [5.41, 5.74) is 7.25. The number of imidazole rings is 1. The summed E-state index contributed by atoms with van der Waals surface area (Å²) in [6, 6.07) is 33.4. The molecule has 1 amide bonds. The van der Waals surface area contributed by atoms with Crippen LogP contribution in [0, 0.1) is 0 Å². The van der Waals surface area contributed by atoms with Gasteiger partial charge in [0.2, 0.25) is 0 Å². The van der Waals surface area contributed by atoms with E-state index >= 15 is 0 Å². The Bertz CT molecular complexity index is 1900. The molecule has 1 fully saturated rings. The normalized spacial score (nSPS) is 14.2. The number of benzene rings is 4. The maximum absolute atomic E-state index is 13.6. The standard InChI is InChI=1S/C33H27N5O2/c39-32(37-19-17-25(18-20-37)38-29-14-8-7-13-27(29)36-33(38)40)24-15-16-26-28(21-24)35-31(23-11-5-2-6-12-23)30(34-26)22-9-3-1-4-10-22/h1-16,21,25H,17-20H2,(H,36,40). The van der Waals surface area contributed by atoms with Crippen molar-refractivity contribution < 1.29 is 4.79 Å². The number of likely N-dealkylation sites (tertiary alicyclic amines) is 1. The predicted octanol–water partition coefficient (Wildman–Crippen LogP) is 6.08. The van der Waals surface area contributed by atoms with Crippen LogP contribution in [-0.4, -0.2) is 43.4 Å². The minimum Gasteiger partial charge on any atom is -0.338 e. The Morgan fingerprint density at radius 2 is 1.32 bits per heavy atom. The van der Waals surface area contributed by atoms with Crippen molar-refractivity contribution in [1.29, 1.82) is 0 Å². The average molecular weight is 526 g/mol. The zero-order valence-electron chi connectivity index (χ0n) is 21.8. The van der Waals surface area contributed by atoms with Gasteiger partial charge in [-0.1, -0.05) is 72.8 Å². The average Bonchev–Trinajstić information content (AvgIpc) is 3.36. The molecule has 0 atom stereocenters. The van der Waals surface area contributed by atoms with Crippen LogP contribution in [0.4, 0.5) is 0 Å². The smallest absolute Gasteiger partial charge is 0.326 e. The zero-order chi connectivity index (χ0) is 27.1. The molecule has 3 heterocycles. The molecule has 7 nitrogen and oxygen atoms in total. The van der Waals surface area contributed by atoms with Crippen LogP contribution in [0.5, 0.6) is 0 Å². The first-order valence-corrected chi connectivity index (χ1v) is 13.6. The van der Waals surface area contributed by atoms with Gasteiger partial charge in [0.05, 0.1) is 33.5 Å². The number of hydrogen-bond donors (Lipinski definition) is 1. The molecule has 0 saturated carbocycles. The molecule has 0 spiro atoms. The molecular weight excluding hydrogens is 498 g/mol. The van der Waals surface area contributed by atoms with Crippen LogP contribution in [0.2, 0.25) is 0 Å². The minimum atomic E-state index is -0.0943. The summed E-state index contributed by atoms with van der Waals surface area (Å²) >= 11 is 0. The molecule has 40 heavy (non-hydrogen) atoms. The lowest BCUT2D eigenvalue weighted by Crippen LogP contribution is -2.40. The van der Waals surface area contributed by atoms with E-state index in [-0.39, 0.29) is 17.6 Å². The Morgan fingerprint density at radius 3 is 2.00 bits per heavy atom. The maximum Gasteiger partial charge on any atom is 0.326 e. The quantitative estimate of drug-likeness (QED) is 0.302. The van der Waals surface area contributed by atoms with E-state index in [1.54, 1.807) is 0 Å². The number of H-pyrrole nitrogens is 1. The molecule has 0 unspecified atom stereocenters. The van der Waals surface area contributed by atoms with Crippen LogP contribution in [-0.2, 0) is 0 Å². The molecule has 7 heteroatoms. The fourth-order valence-corrected chi connectivity index (χ4v) is 5.73. The minimum absolute atomic E-state index is 0.0261. The molecule has 1 aliphatic rings. The first-order chi connectivity index (χ1) is 19.7. The topological polar surface area (TPSA) is 83.9 Å². The van der Waals surface area contributed by atoms with Gasteiger partial charge >= 0.3 is 5.69 Å². The SMILES string of the molecule is O=C(c1ccc2nc(-c3ccccc3)c(-c3ccccc3)nc2c1)N1CCC(n2c(=O)[nH]c3ccccc32)CC1. The largest absolute Gasteiger partial charge is 0.338 e. The third-order valence-electron chi connectivity index (χ3n) is 7.75. The van der Waals surface area contributed by atoms with E-state index in [0.717, 1.165) is 51.9 Å². The van der Waals surface area contributed by atoms with Crippen molar-refractivity contribution >= 4 is 28.0 Å². The van der Waals surface area contributed by atoms with E-state index < -0.39 is 0 Å². The Kier molecular flexibility index (Phi) is 5.96. The van der Waals surface area contributed by atoms with Crippen molar-refractivity contribution in [2.45, 2.75) is 18.9 Å². The molecule has 1 aliphatic heterocycles. The summed E-state index contributed by atoms with van der Waals surface area (Å²) in [5, 5.41) is 0. The first kappa shape index (κ1) is 24.0. The second kappa shape index (κ2) is 9.93. The van der Waals surface area contributed by atoms with Crippen LogP contribution >= 0.6 is 0 Å². The van der Waals surface area contributed by atoms with Gasteiger partial charge in [0.15, 0.2) is 0 Å². The van der Waals surface area contributed by atoms with Crippen molar-refractivity contribution in [2.75, 3.05) is 13.1 Å². The van der Waals surface area contributed by atoms with Gasteiger partial charge in [-0.25, -0.2) is 14.8 Å². The van der Waals surface area contributed by atoms with Gasteiger partial charge in [-0.3, -0.25) is 9.36 Å². The summed E-state index contributed by atoms with van der Waals surface area (Å²) in [7, 11) is 0. The van der Waals surface area contributed by atoms with E-state index in [9.17, 15) is 9.59 Å². The van der Waals surface area contributed by atoms with Gasteiger partial charge in [0.1, 0.15) is 0 Å². The van der Waals surface area contributed by atoms with Crippen molar-refractivity contribution in [3.63, 3.8) is 0 Å². The van der Waals surface area contributed by atoms with Crippen LogP contribution in [0.25, 0.3) is 44.6 Å². The van der Waals surface area contributed by atoms with E-state index in [4.69, 9.17) is 9.97 Å². The van der Waals surface area contributed by atoms with Gasteiger partial charge in [0.25, 0.3) is 5.91 Å². The number of amides is 1. The number of nitrogens with zero attached hydrogens (tertiary/aromatic N) is 4. The molecule has 0 bridgehead atoms. The van der Waals surface area contributed by atoms with E-state index in [1.165, 1.54) is 0 Å². The highest BCUT2D eigenvalue weighted by Gasteiger charge is 2.27. The number of piperidine rings is 1. The summed E-state index contributed by atoms with van der Waals surface area (Å²) in [6.45, 7) is 1.17. The highest BCUT2D eigenvalue weighted by atomic mass is 16.2. The molecule has 0 aliphatic carbocycles. The third kappa shape index (κ3) is 4.25. The zero-order valence-corrected chi connectivity index (χ0v) is 21.8. The van der Waals surface area contributed by atoms with Gasteiger partial charge < -0.3 is 9.88 Å². The number of fused-ring (bicyclic) bond motifs is 2. The lowest BCUT2D eigenvalue weighted by Gasteiger charge is -2.32. The Morgan fingerprint density at radius 1 is 0.725 bits per heavy atom. The summed E-state index contributed by atoms with van der Waals surface area (Å²) < 4.78 is 1.85. The van der Waals surface area contributed by atoms with Crippen molar-refractivity contribution in [1.82, 2.24) is 24.4 Å². The predicted molar refractivity (Wildman–Crippen MR) is 157 cm³/mol. The van der Waals surface area contributed by atoms with E-state index in [1.807, 2.05) is 113 Å². The number of rotatable bonds is 4. The molecule has 7 rings (SSSR count). The summed E-state index contributed by atoms with van der Waals surface area (Å²) in [5.74, 6) is -0.0261. The molecule has 6 aromatic rings. The maximum atomic E-state index is 13.6. The number of carbonyl (C=O) groups excluding carboxylic acids is 1. The lowest BCUT2D eigenvalue weighted by molar-refractivity contribution is 0.0695. The lowest BCUT2D eigenvalue weighted by atomic mass is 10.0. The number of carbonyl (C=O) groups is 1. The fourth-order valence-electron chi connectivity index (χ4n) is 5.73. The van der Waals surface area contributed by atoms with Crippen LogP contribution in [0.3, 0.4) is 0 Å². The molecule has 1 N–H and O–H groups in total. The second-order valence-corrected chi connectivity index (χ2v) is 10.2. The van der Waals surface area contributed by atoms with Crippen LogP contribution in [0.15, 0.2) is 108 Å². The number of aromatic nitrogens is 4. The highest BCUT2D eigenvalue weighted by molar-refractivity contribution is 5.98. The van der Waals surface area contributed by atoms with Crippen LogP contribution < -0.4 is 5.69 Å². The van der Waals surface area contributed by atoms with Gasteiger partial charge in [-0.05, 0) is 43.2 Å². The summed E-state index contributed by atoms with van der Waals surface area (Å²) in [4.78, 5) is 41.0. The molecule has 4 aromatic carbocycles. The third-order valence-corrected chi connectivity index (χ3v) is 7.75.